The Morgan fingerprint density at radius 2 is 1.89 bits per heavy atom. The van der Waals surface area contributed by atoms with Crippen LogP contribution in [0.4, 0.5) is 0 Å². The Kier molecular flexibility index (Phi) is 8.28. The molecule has 1 aromatic rings. The lowest BCUT2D eigenvalue weighted by molar-refractivity contribution is -0.239. The molecule has 2 fully saturated rings. The molecule has 0 bridgehead atoms. The van der Waals surface area contributed by atoms with E-state index in [0.29, 0.717) is 19.1 Å². The van der Waals surface area contributed by atoms with Crippen molar-refractivity contribution in [2.75, 3.05) is 7.11 Å². The number of aliphatic hydroxyl groups excluding tert-OH is 2. The molecule has 1 aromatic carbocycles. The van der Waals surface area contributed by atoms with Gasteiger partial charge in [0, 0.05) is 25.0 Å². The summed E-state index contributed by atoms with van der Waals surface area (Å²) in [4.78, 5) is 25.6. The van der Waals surface area contributed by atoms with E-state index in [1.807, 2.05) is 34.6 Å². The molecule has 1 spiro atoms. The van der Waals surface area contributed by atoms with E-state index in [1.54, 1.807) is 0 Å². The number of epoxide rings is 1. The number of hydrogen-bond donors (Lipinski definition) is 4. The molecule has 2 aliphatic heterocycles. The van der Waals surface area contributed by atoms with Crippen LogP contribution in [0.25, 0.3) is 0 Å². The lowest BCUT2D eigenvalue weighted by atomic mass is 9.78. The molecule has 2 aliphatic rings. The molecule has 35 heavy (non-hydrogen) atoms. The fraction of sp³-hybridized carbons (Fsp3) is 0.692. The number of phenols is 2. The van der Waals surface area contributed by atoms with Crippen LogP contribution >= 0.6 is 0 Å². The standard InChI is InChI=1S/C26H38O9/c1-7-20-26(35-20)19(28)10-18(34-25(26)32)14(8-12(2)3)21(29)15-9-16(24(33-6)13(4)5)23(31)17(11-27)22(15)30/h9,11-14,18-20,24-25,28,30-32H,7-8,10H2,1-6H3/t14-,18-,19-,20+,24+,25-,26+/m1/s1. The molecule has 0 radical (unpaired) electrons. The van der Waals surface area contributed by atoms with Crippen molar-refractivity contribution in [3.8, 4) is 11.5 Å². The van der Waals surface area contributed by atoms with Crippen LogP contribution in [0, 0.1) is 17.8 Å². The van der Waals surface area contributed by atoms with Crippen LogP contribution in [0.15, 0.2) is 6.07 Å². The van der Waals surface area contributed by atoms with Crippen molar-refractivity contribution in [3.05, 3.63) is 22.8 Å². The number of ketones is 1. The molecular formula is C26H38O9. The number of aliphatic hydroxyl groups is 2. The van der Waals surface area contributed by atoms with Crippen LogP contribution < -0.4 is 0 Å². The Balaban J connectivity index is 2.02. The van der Waals surface area contributed by atoms with Gasteiger partial charge in [0.2, 0.25) is 0 Å². The predicted molar refractivity (Wildman–Crippen MR) is 126 cm³/mol. The van der Waals surface area contributed by atoms with Gasteiger partial charge in [-0.2, -0.15) is 0 Å². The third-order valence-corrected chi connectivity index (χ3v) is 7.23. The monoisotopic (exact) mass is 494 g/mol. The molecule has 9 heteroatoms. The Bertz CT molecular complexity index is 929. The summed E-state index contributed by atoms with van der Waals surface area (Å²) in [7, 11) is 1.46. The van der Waals surface area contributed by atoms with E-state index in [4.69, 9.17) is 14.2 Å². The maximum atomic E-state index is 13.9. The van der Waals surface area contributed by atoms with E-state index in [2.05, 4.69) is 0 Å². The van der Waals surface area contributed by atoms with Gasteiger partial charge >= 0.3 is 0 Å². The highest BCUT2D eigenvalue weighted by molar-refractivity contribution is 6.04. The molecule has 0 unspecified atom stereocenters. The minimum absolute atomic E-state index is 0.0462. The van der Waals surface area contributed by atoms with Gasteiger partial charge in [0.25, 0.3) is 0 Å². The first-order valence-electron chi connectivity index (χ1n) is 12.2. The van der Waals surface area contributed by atoms with Crippen molar-refractivity contribution in [3.63, 3.8) is 0 Å². The first-order valence-corrected chi connectivity index (χ1v) is 12.2. The average Bonchev–Trinajstić information content (AvgIpc) is 3.53. The second-order valence-corrected chi connectivity index (χ2v) is 10.4. The largest absolute Gasteiger partial charge is 0.507 e. The molecule has 0 aliphatic carbocycles. The van der Waals surface area contributed by atoms with Crippen molar-refractivity contribution in [2.24, 2.45) is 17.8 Å². The van der Waals surface area contributed by atoms with Gasteiger partial charge < -0.3 is 34.6 Å². The van der Waals surface area contributed by atoms with Gasteiger partial charge in [0.15, 0.2) is 24.0 Å². The van der Waals surface area contributed by atoms with E-state index >= 15 is 0 Å². The summed E-state index contributed by atoms with van der Waals surface area (Å²) < 4.78 is 16.9. The van der Waals surface area contributed by atoms with Crippen molar-refractivity contribution in [1.29, 1.82) is 0 Å². The average molecular weight is 495 g/mol. The Morgan fingerprint density at radius 3 is 2.34 bits per heavy atom. The van der Waals surface area contributed by atoms with Gasteiger partial charge in [-0.3, -0.25) is 9.59 Å². The molecule has 196 valence electrons. The second kappa shape index (κ2) is 10.5. The topological polar surface area (TPSA) is 146 Å². The highest BCUT2D eigenvalue weighted by atomic mass is 16.7. The Labute approximate surface area is 206 Å². The third kappa shape index (κ3) is 4.84. The predicted octanol–water partition coefficient (Wildman–Crippen LogP) is 3.11. The summed E-state index contributed by atoms with van der Waals surface area (Å²) in [6.07, 6.45) is -2.92. The van der Waals surface area contributed by atoms with Gasteiger partial charge in [-0.25, -0.2) is 0 Å². The highest BCUT2D eigenvalue weighted by Crippen LogP contribution is 2.51. The Hall–Kier alpha value is -2.04. The summed E-state index contributed by atoms with van der Waals surface area (Å²) in [6.45, 7) is 9.46. The number of carbonyl (C=O) groups is 2. The number of phenolic OH excluding ortho intramolecular Hbond substituents is 2. The quantitative estimate of drug-likeness (QED) is 0.219. The van der Waals surface area contributed by atoms with Gasteiger partial charge in [-0.15, -0.1) is 0 Å². The fourth-order valence-corrected chi connectivity index (χ4v) is 5.40. The molecule has 0 amide bonds. The molecule has 4 N–H and O–H groups in total. The van der Waals surface area contributed by atoms with Gasteiger partial charge in [-0.05, 0) is 30.7 Å². The summed E-state index contributed by atoms with van der Waals surface area (Å²) in [5.41, 5.74) is -1.50. The molecule has 0 aromatic heterocycles. The zero-order valence-corrected chi connectivity index (χ0v) is 21.2. The van der Waals surface area contributed by atoms with Crippen molar-refractivity contribution in [2.45, 2.75) is 90.2 Å². The number of ether oxygens (including phenoxy) is 3. The van der Waals surface area contributed by atoms with E-state index in [1.165, 1.54) is 13.2 Å². The molecule has 2 heterocycles. The number of rotatable bonds is 10. The van der Waals surface area contributed by atoms with Gasteiger partial charge in [0.1, 0.15) is 11.5 Å². The number of aromatic hydroxyl groups is 2. The minimum atomic E-state index is -1.41. The van der Waals surface area contributed by atoms with Crippen LogP contribution in [0.1, 0.15) is 86.3 Å². The number of benzene rings is 1. The van der Waals surface area contributed by atoms with Crippen molar-refractivity contribution in [1.82, 2.24) is 0 Å². The number of methoxy groups -OCH3 is 1. The first-order chi connectivity index (χ1) is 16.4. The molecular weight excluding hydrogens is 456 g/mol. The minimum Gasteiger partial charge on any atom is -0.507 e. The summed E-state index contributed by atoms with van der Waals surface area (Å²) in [5, 5.41) is 43.0. The maximum absolute atomic E-state index is 13.9. The molecule has 9 nitrogen and oxygen atoms in total. The molecule has 2 saturated heterocycles. The van der Waals surface area contributed by atoms with E-state index in [0.717, 1.165) is 0 Å². The lowest BCUT2D eigenvalue weighted by Gasteiger charge is -2.39. The summed E-state index contributed by atoms with van der Waals surface area (Å²) in [5.74, 6) is -2.46. The SMILES string of the molecule is CC[C@@H]1O[C@@]12[C@H](O)C[C@H]([C@@H](CC(C)C)C(=O)c1cc([C@@H](OC)C(C)C)c(O)c(C=O)c1O)O[C@H]2O. The van der Waals surface area contributed by atoms with Crippen LogP contribution in [0.3, 0.4) is 0 Å². The van der Waals surface area contributed by atoms with Crippen molar-refractivity contribution < 1.29 is 44.2 Å². The van der Waals surface area contributed by atoms with Crippen LogP contribution in [-0.2, 0) is 14.2 Å². The van der Waals surface area contributed by atoms with Crippen LogP contribution in [0.5, 0.6) is 11.5 Å². The van der Waals surface area contributed by atoms with E-state index < -0.39 is 59.0 Å². The number of Topliss-reactive ketones (excluding diaryl/α,β-unsaturated/α-hetero) is 1. The third-order valence-electron chi connectivity index (χ3n) is 7.23. The summed E-state index contributed by atoms with van der Waals surface area (Å²) >= 11 is 0. The molecule has 3 rings (SSSR count). The van der Waals surface area contributed by atoms with E-state index in [-0.39, 0.29) is 35.5 Å². The highest BCUT2D eigenvalue weighted by Gasteiger charge is 2.68. The second-order valence-electron chi connectivity index (χ2n) is 10.4. The van der Waals surface area contributed by atoms with Gasteiger partial charge in [-0.1, -0.05) is 34.6 Å². The zero-order valence-electron chi connectivity index (χ0n) is 21.2. The summed E-state index contributed by atoms with van der Waals surface area (Å²) in [6, 6.07) is 1.36. The number of aldehydes is 1. The van der Waals surface area contributed by atoms with Crippen molar-refractivity contribution >= 4 is 12.1 Å². The number of carbonyl (C=O) groups excluding carboxylic acids is 2. The Morgan fingerprint density at radius 1 is 1.23 bits per heavy atom. The lowest BCUT2D eigenvalue weighted by Crippen LogP contribution is -2.55. The first kappa shape index (κ1) is 27.5. The number of hydrogen-bond acceptors (Lipinski definition) is 9. The smallest absolute Gasteiger partial charge is 0.189 e. The fourth-order valence-electron chi connectivity index (χ4n) is 5.40. The molecule has 0 saturated carbocycles. The van der Waals surface area contributed by atoms with E-state index in [9.17, 15) is 30.0 Å². The zero-order chi connectivity index (χ0) is 26.2. The molecule has 7 atom stereocenters. The van der Waals surface area contributed by atoms with Crippen LogP contribution in [-0.4, -0.2) is 69.8 Å². The van der Waals surface area contributed by atoms with Gasteiger partial charge in [0.05, 0.1) is 35.5 Å². The van der Waals surface area contributed by atoms with Crippen LogP contribution in [0.2, 0.25) is 0 Å². The normalized spacial score (nSPS) is 30.0. The maximum Gasteiger partial charge on any atom is 0.189 e.